The number of anilines is 2. The van der Waals surface area contributed by atoms with Gasteiger partial charge in [0.05, 0.1) is 6.10 Å². The van der Waals surface area contributed by atoms with Crippen LogP contribution in [0.15, 0.2) is 41.0 Å². The van der Waals surface area contributed by atoms with E-state index in [0.717, 1.165) is 65.9 Å². The summed E-state index contributed by atoms with van der Waals surface area (Å²) in [6, 6.07) is 10.7. The van der Waals surface area contributed by atoms with Gasteiger partial charge in [-0.2, -0.15) is 0 Å². The van der Waals surface area contributed by atoms with Gasteiger partial charge in [-0.15, -0.1) is 0 Å². The third kappa shape index (κ3) is 3.19. The summed E-state index contributed by atoms with van der Waals surface area (Å²) in [5.41, 5.74) is 5.68. The zero-order chi connectivity index (χ0) is 19.3. The lowest BCUT2D eigenvalue weighted by Crippen LogP contribution is -2.21. The van der Waals surface area contributed by atoms with Crippen LogP contribution in [0.4, 0.5) is 11.5 Å². The van der Waals surface area contributed by atoms with E-state index in [4.69, 9.17) is 9.97 Å². The van der Waals surface area contributed by atoms with E-state index in [1.54, 1.807) is 0 Å². The van der Waals surface area contributed by atoms with Crippen molar-refractivity contribution in [3.8, 4) is 0 Å². The summed E-state index contributed by atoms with van der Waals surface area (Å²) in [6.07, 6.45) is 3.63. The van der Waals surface area contributed by atoms with Gasteiger partial charge in [-0.05, 0) is 55.2 Å². The molecule has 1 fully saturated rings. The maximum atomic E-state index is 9.77. The van der Waals surface area contributed by atoms with Crippen molar-refractivity contribution < 1.29 is 5.11 Å². The third-order valence-corrected chi connectivity index (χ3v) is 6.45. The molecule has 0 aliphatic carbocycles. The highest BCUT2D eigenvalue weighted by Gasteiger charge is 2.25. The first-order valence-corrected chi connectivity index (χ1v) is 10.6. The lowest BCUT2D eigenvalue weighted by atomic mass is 10.1. The molecule has 28 heavy (non-hydrogen) atoms. The molecule has 4 heterocycles. The second kappa shape index (κ2) is 7.10. The Labute approximate surface area is 173 Å². The van der Waals surface area contributed by atoms with Gasteiger partial charge < -0.3 is 10.0 Å². The Morgan fingerprint density at radius 1 is 1.25 bits per heavy atom. The number of aryl methyl sites for hydroxylation is 1. The lowest BCUT2D eigenvalue weighted by molar-refractivity contribution is 0.175. The number of halogens is 1. The minimum Gasteiger partial charge on any atom is -0.392 e. The predicted octanol–water partition coefficient (Wildman–Crippen LogP) is 3.96. The first-order chi connectivity index (χ1) is 13.6. The van der Waals surface area contributed by atoms with Crippen LogP contribution in [0.5, 0.6) is 0 Å². The third-order valence-electron chi connectivity index (χ3n) is 5.71. The topological polar surface area (TPSA) is 52.5 Å². The van der Waals surface area contributed by atoms with Crippen molar-refractivity contribution in [2.75, 3.05) is 24.5 Å². The summed E-state index contributed by atoms with van der Waals surface area (Å²) in [5.74, 6) is 0.940. The van der Waals surface area contributed by atoms with Crippen molar-refractivity contribution in [2.24, 2.45) is 0 Å². The number of hydrogen-bond acceptors (Lipinski definition) is 5. The summed E-state index contributed by atoms with van der Waals surface area (Å²) < 4.78 is 1.16. The number of aromatic nitrogens is 2. The molecular formula is C22H23BrN4O. The molecule has 1 atom stereocenters. The number of aliphatic hydroxyl groups excluding tert-OH is 1. The molecule has 2 aliphatic rings. The number of fused-ring (bicyclic) bond motifs is 2. The minimum atomic E-state index is -0.193. The molecule has 5 rings (SSSR count). The van der Waals surface area contributed by atoms with Gasteiger partial charge in [0.15, 0.2) is 5.82 Å². The minimum absolute atomic E-state index is 0.193. The van der Waals surface area contributed by atoms with Gasteiger partial charge >= 0.3 is 0 Å². The average Bonchev–Trinajstić information content (AvgIpc) is 3.28. The zero-order valence-corrected chi connectivity index (χ0v) is 17.5. The molecule has 144 valence electrons. The van der Waals surface area contributed by atoms with E-state index >= 15 is 0 Å². The largest absolute Gasteiger partial charge is 0.392 e. The highest BCUT2D eigenvalue weighted by Crippen LogP contribution is 2.39. The maximum absolute atomic E-state index is 9.77. The molecule has 2 aromatic heterocycles. The Hall–Kier alpha value is -2.02. The number of pyridine rings is 2. The van der Waals surface area contributed by atoms with Crippen LogP contribution in [0.3, 0.4) is 0 Å². The number of likely N-dealkylation sites (tertiary alicyclic amines) is 1. The summed E-state index contributed by atoms with van der Waals surface area (Å²) in [7, 11) is 0. The standard InChI is InChI=1S/C22H23BrN4O/c1-14-9-16-10-15(12-26-7-5-17(28)13-26)11-24-21(16)22(25-14)27-8-6-18-19(23)3-2-4-20(18)27/h2-4,9-11,17,28H,5-8,12-13H2,1H3. The second-order valence-electron chi connectivity index (χ2n) is 7.82. The van der Waals surface area contributed by atoms with Gasteiger partial charge in [0.1, 0.15) is 5.52 Å². The Bertz CT molecular complexity index is 1050. The number of benzene rings is 1. The van der Waals surface area contributed by atoms with Crippen molar-refractivity contribution in [1.29, 1.82) is 0 Å². The molecule has 0 amide bonds. The maximum Gasteiger partial charge on any atom is 0.159 e. The van der Waals surface area contributed by atoms with Crippen molar-refractivity contribution >= 4 is 38.3 Å². The Kier molecular flexibility index (Phi) is 4.57. The quantitative estimate of drug-likeness (QED) is 0.670. The van der Waals surface area contributed by atoms with Crippen LogP contribution in [0.2, 0.25) is 0 Å². The fraction of sp³-hybridized carbons (Fsp3) is 0.364. The molecule has 1 unspecified atom stereocenters. The van der Waals surface area contributed by atoms with Crippen LogP contribution < -0.4 is 4.90 Å². The summed E-state index contributed by atoms with van der Waals surface area (Å²) in [5, 5.41) is 10.9. The number of rotatable bonds is 3. The average molecular weight is 439 g/mol. The van der Waals surface area contributed by atoms with Crippen molar-refractivity contribution in [3.63, 3.8) is 0 Å². The van der Waals surface area contributed by atoms with Gasteiger partial charge in [0, 0.05) is 53.6 Å². The van der Waals surface area contributed by atoms with E-state index in [-0.39, 0.29) is 6.10 Å². The van der Waals surface area contributed by atoms with E-state index in [9.17, 15) is 5.11 Å². The number of β-amino-alcohol motifs (C(OH)–C–C–N with tert-alkyl or cyclic N) is 1. The Morgan fingerprint density at radius 2 is 2.14 bits per heavy atom. The molecule has 1 aromatic carbocycles. The number of nitrogens with zero attached hydrogens (tertiary/aromatic N) is 4. The number of hydrogen-bond donors (Lipinski definition) is 1. The van der Waals surface area contributed by atoms with Crippen LogP contribution in [0.1, 0.15) is 23.2 Å². The summed E-state index contributed by atoms with van der Waals surface area (Å²) in [4.78, 5) is 14.3. The normalized spacial score (nSPS) is 19.5. The highest BCUT2D eigenvalue weighted by molar-refractivity contribution is 9.10. The SMILES string of the molecule is Cc1cc2cc(CN3CCC(O)C3)cnc2c(N2CCc3c(Br)cccc32)n1. The first kappa shape index (κ1) is 18.0. The van der Waals surface area contributed by atoms with E-state index in [1.807, 2.05) is 13.1 Å². The molecule has 2 aliphatic heterocycles. The lowest BCUT2D eigenvalue weighted by Gasteiger charge is -2.21. The van der Waals surface area contributed by atoms with Gasteiger partial charge in [0.2, 0.25) is 0 Å². The molecule has 3 aromatic rings. The van der Waals surface area contributed by atoms with Gasteiger partial charge in [-0.25, -0.2) is 4.98 Å². The Balaban J connectivity index is 1.53. The molecule has 1 N–H and O–H groups in total. The van der Waals surface area contributed by atoms with Crippen molar-refractivity contribution in [2.45, 2.75) is 32.4 Å². The van der Waals surface area contributed by atoms with Crippen molar-refractivity contribution in [3.05, 3.63) is 57.8 Å². The molecule has 0 bridgehead atoms. The van der Waals surface area contributed by atoms with E-state index in [2.05, 4.69) is 56.1 Å². The molecule has 0 spiro atoms. The molecule has 0 radical (unpaired) electrons. The highest BCUT2D eigenvalue weighted by atomic mass is 79.9. The van der Waals surface area contributed by atoms with E-state index in [1.165, 1.54) is 16.8 Å². The van der Waals surface area contributed by atoms with E-state index < -0.39 is 0 Å². The molecule has 0 saturated carbocycles. The Morgan fingerprint density at radius 3 is 2.96 bits per heavy atom. The van der Waals surface area contributed by atoms with Crippen LogP contribution in [-0.4, -0.2) is 45.7 Å². The van der Waals surface area contributed by atoms with Crippen LogP contribution >= 0.6 is 15.9 Å². The predicted molar refractivity (Wildman–Crippen MR) is 115 cm³/mol. The number of aliphatic hydroxyl groups is 1. The van der Waals surface area contributed by atoms with E-state index in [0.29, 0.717) is 0 Å². The molecule has 1 saturated heterocycles. The van der Waals surface area contributed by atoms with Gasteiger partial charge in [0.25, 0.3) is 0 Å². The first-order valence-electron chi connectivity index (χ1n) is 9.80. The zero-order valence-electron chi connectivity index (χ0n) is 15.9. The monoisotopic (exact) mass is 438 g/mol. The van der Waals surface area contributed by atoms with Crippen LogP contribution in [0.25, 0.3) is 10.9 Å². The van der Waals surface area contributed by atoms with Gasteiger partial charge in [-0.3, -0.25) is 9.88 Å². The fourth-order valence-corrected chi connectivity index (χ4v) is 4.96. The molecule has 6 heteroatoms. The second-order valence-corrected chi connectivity index (χ2v) is 8.67. The molecular weight excluding hydrogens is 416 g/mol. The van der Waals surface area contributed by atoms with Crippen LogP contribution in [-0.2, 0) is 13.0 Å². The van der Waals surface area contributed by atoms with Crippen molar-refractivity contribution in [1.82, 2.24) is 14.9 Å². The van der Waals surface area contributed by atoms with Gasteiger partial charge in [-0.1, -0.05) is 22.0 Å². The summed E-state index contributed by atoms with van der Waals surface area (Å²) in [6.45, 7) is 5.48. The molecule has 5 nitrogen and oxygen atoms in total. The van der Waals surface area contributed by atoms with Crippen LogP contribution in [0, 0.1) is 6.92 Å². The fourth-order valence-electron chi connectivity index (χ4n) is 4.40. The summed E-state index contributed by atoms with van der Waals surface area (Å²) >= 11 is 3.68. The smallest absolute Gasteiger partial charge is 0.159 e.